The summed E-state index contributed by atoms with van der Waals surface area (Å²) in [7, 11) is 0. The molecule has 1 fully saturated rings. The SMILES string of the molecule is OC(c1ccc2c(n1)CCC2)C1CC1. The molecule has 0 aliphatic heterocycles. The minimum Gasteiger partial charge on any atom is -0.387 e. The minimum absolute atomic E-state index is 0.305. The molecule has 0 bridgehead atoms. The zero-order valence-corrected chi connectivity index (χ0v) is 8.24. The van der Waals surface area contributed by atoms with Crippen molar-refractivity contribution in [2.24, 2.45) is 5.92 Å². The van der Waals surface area contributed by atoms with Crippen molar-refractivity contribution in [2.75, 3.05) is 0 Å². The van der Waals surface area contributed by atoms with Gasteiger partial charge in [-0.3, -0.25) is 4.98 Å². The summed E-state index contributed by atoms with van der Waals surface area (Å²) in [6.07, 6.45) is 5.52. The number of nitrogens with zero attached hydrogens (tertiary/aromatic N) is 1. The monoisotopic (exact) mass is 189 g/mol. The van der Waals surface area contributed by atoms with Crippen LogP contribution in [0.1, 0.15) is 42.3 Å². The molecular formula is C12H15NO. The van der Waals surface area contributed by atoms with E-state index in [1.165, 1.54) is 36.9 Å². The van der Waals surface area contributed by atoms with Gasteiger partial charge in [0, 0.05) is 5.69 Å². The highest BCUT2D eigenvalue weighted by Gasteiger charge is 2.32. The molecule has 2 heteroatoms. The second-order valence-corrected chi connectivity index (χ2v) is 4.48. The molecule has 0 saturated heterocycles. The Morgan fingerprint density at radius 3 is 2.93 bits per heavy atom. The molecule has 14 heavy (non-hydrogen) atoms. The number of aromatic nitrogens is 1. The molecule has 0 radical (unpaired) electrons. The Morgan fingerprint density at radius 1 is 1.29 bits per heavy atom. The van der Waals surface area contributed by atoms with Crippen LogP contribution in [-0.2, 0) is 12.8 Å². The first-order chi connectivity index (χ1) is 6.84. The zero-order chi connectivity index (χ0) is 9.54. The summed E-state index contributed by atoms with van der Waals surface area (Å²) in [6.45, 7) is 0. The third kappa shape index (κ3) is 1.34. The summed E-state index contributed by atoms with van der Waals surface area (Å²) in [5, 5.41) is 9.93. The van der Waals surface area contributed by atoms with Crippen LogP contribution in [0.3, 0.4) is 0 Å². The van der Waals surface area contributed by atoms with E-state index >= 15 is 0 Å². The highest BCUT2D eigenvalue weighted by atomic mass is 16.3. The van der Waals surface area contributed by atoms with Gasteiger partial charge in [0.1, 0.15) is 0 Å². The zero-order valence-electron chi connectivity index (χ0n) is 8.24. The van der Waals surface area contributed by atoms with Crippen molar-refractivity contribution in [2.45, 2.75) is 38.2 Å². The Balaban J connectivity index is 1.91. The van der Waals surface area contributed by atoms with E-state index in [0.717, 1.165) is 12.1 Å². The second kappa shape index (κ2) is 3.06. The van der Waals surface area contributed by atoms with Crippen LogP contribution in [0, 0.1) is 5.92 Å². The molecular weight excluding hydrogens is 174 g/mol. The lowest BCUT2D eigenvalue weighted by atomic mass is 10.1. The molecule has 1 aromatic rings. The van der Waals surface area contributed by atoms with Gasteiger partial charge in [-0.2, -0.15) is 0 Å². The van der Waals surface area contributed by atoms with Gasteiger partial charge in [-0.1, -0.05) is 6.07 Å². The highest BCUT2D eigenvalue weighted by molar-refractivity contribution is 5.28. The van der Waals surface area contributed by atoms with Gasteiger partial charge in [-0.15, -0.1) is 0 Å². The van der Waals surface area contributed by atoms with Crippen molar-refractivity contribution in [3.05, 3.63) is 29.1 Å². The predicted molar refractivity (Wildman–Crippen MR) is 53.9 cm³/mol. The van der Waals surface area contributed by atoms with Gasteiger partial charge in [0.2, 0.25) is 0 Å². The van der Waals surface area contributed by atoms with Crippen LogP contribution in [0.25, 0.3) is 0 Å². The van der Waals surface area contributed by atoms with E-state index in [4.69, 9.17) is 0 Å². The van der Waals surface area contributed by atoms with E-state index in [1.54, 1.807) is 0 Å². The molecule has 1 aromatic heterocycles. The van der Waals surface area contributed by atoms with Gasteiger partial charge in [0.25, 0.3) is 0 Å². The topological polar surface area (TPSA) is 33.1 Å². The summed E-state index contributed by atoms with van der Waals surface area (Å²) in [6, 6.07) is 4.16. The van der Waals surface area contributed by atoms with Crippen molar-refractivity contribution in [1.82, 2.24) is 4.98 Å². The van der Waals surface area contributed by atoms with E-state index in [2.05, 4.69) is 11.1 Å². The number of fused-ring (bicyclic) bond motifs is 1. The summed E-state index contributed by atoms with van der Waals surface area (Å²) in [5.74, 6) is 0.488. The van der Waals surface area contributed by atoms with Crippen molar-refractivity contribution in [1.29, 1.82) is 0 Å². The minimum atomic E-state index is -0.305. The lowest BCUT2D eigenvalue weighted by Crippen LogP contribution is -2.04. The Bertz CT molecular complexity index is 357. The summed E-state index contributed by atoms with van der Waals surface area (Å²) in [5.41, 5.74) is 3.51. The highest BCUT2D eigenvalue weighted by Crippen LogP contribution is 2.40. The molecule has 3 rings (SSSR count). The Morgan fingerprint density at radius 2 is 2.14 bits per heavy atom. The van der Waals surface area contributed by atoms with Crippen LogP contribution in [0.4, 0.5) is 0 Å². The molecule has 0 aromatic carbocycles. The maximum Gasteiger partial charge on any atom is 0.0987 e. The Hall–Kier alpha value is -0.890. The van der Waals surface area contributed by atoms with E-state index in [1.807, 2.05) is 6.07 Å². The van der Waals surface area contributed by atoms with Gasteiger partial charge in [-0.25, -0.2) is 0 Å². The fourth-order valence-electron chi connectivity index (χ4n) is 2.26. The van der Waals surface area contributed by atoms with E-state index in [9.17, 15) is 5.11 Å². The first kappa shape index (κ1) is 8.42. The normalized spacial score (nSPS) is 22.1. The van der Waals surface area contributed by atoms with Crippen LogP contribution in [0.15, 0.2) is 12.1 Å². The van der Waals surface area contributed by atoms with Crippen molar-refractivity contribution >= 4 is 0 Å². The van der Waals surface area contributed by atoms with Crippen LogP contribution >= 0.6 is 0 Å². The Kier molecular flexibility index (Phi) is 1.84. The third-order valence-corrected chi connectivity index (χ3v) is 3.32. The maximum absolute atomic E-state index is 9.93. The summed E-state index contributed by atoms with van der Waals surface area (Å²) in [4.78, 5) is 4.56. The van der Waals surface area contributed by atoms with Gasteiger partial charge in [0.15, 0.2) is 0 Å². The van der Waals surface area contributed by atoms with Crippen LogP contribution in [0.2, 0.25) is 0 Å². The lowest BCUT2D eigenvalue weighted by molar-refractivity contribution is 0.149. The van der Waals surface area contributed by atoms with Crippen LogP contribution in [0.5, 0.6) is 0 Å². The first-order valence-electron chi connectivity index (χ1n) is 5.51. The standard InChI is InChI=1S/C12H15NO/c14-12(9-4-5-9)11-7-6-8-2-1-3-10(8)13-11/h6-7,9,12,14H,1-5H2. The number of hydrogen-bond acceptors (Lipinski definition) is 2. The number of hydrogen-bond donors (Lipinski definition) is 1. The number of aliphatic hydroxyl groups excluding tert-OH is 1. The molecule has 1 unspecified atom stereocenters. The summed E-state index contributed by atoms with van der Waals surface area (Å²) >= 11 is 0. The predicted octanol–water partition coefficient (Wildman–Crippen LogP) is 2.01. The molecule has 0 amide bonds. The Labute approximate surface area is 84.0 Å². The van der Waals surface area contributed by atoms with Gasteiger partial charge >= 0.3 is 0 Å². The number of pyridine rings is 1. The van der Waals surface area contributed by atoms with Crippen LogP contribution < -0.4 is 0 Å². The van der Waals surface area contributed by atoms with E-state index in [-0.39, 0.29) is 6.10 Å². The van der Waals surface area contributed by atoms with Crippen molar-refractivity contribution < 1.29 is 5.11 Å². The fourth-order valence-corrected chi connectivity index (χ4v) is 2.26. The van der Waals surface area contributed by atoms with E-state index in [0.29, 0.717) is 5.92 Å². The molecule has 1 heterocycles. The van der Waals surface area contributed by atoms with E-state index < -0.39 is 0 Å². The quantitative estimate of drug-likeness (QED) is 0.772. The molecule has 1 atom stereocenters. The van der Waals surface area contributed by atoms with Crippen LogP contribution in [-0.4, -0.2) is 10.1 Å². The van der Waals surface area contributed by atoms with Crippen molar-refractivity contribution in [3.63, 3.8) is 0 Å². The third-order valence-electron chi connectivity index (χ3n) is 3.32. The van der Waals surface area contributed by atoms with Crippen molar-refractivity contribution in [3.8, 4) is 0 Å². The van der Waals surface area contributed by atoms with Gasteiger partial charge < -0.3 is 5.11 Å². The molecule has 2 aliphatic rings. The summed E-state index contributed by atoms with van der Waals surface area (Å²) < 4.78 is 0. The maximum atomic E-state index is 9.93. The lowest BCUT2D eigenvalue weighted by Gasteiger charge is -2.09. The number of aliphatic hydroxyl groups is 1. The first-order valence-corrected chi connectivity index (χ1v) is 5.51. The molecule has 0 spiro atoms. The molecule has 1 N–H and O–H groups in total. The van der Waals surface area contributed by atoms with Gasteiger partial charge in [0.05, 0.1) is 11.8 Å². The molecule has 2 aliphatic carbocycles. The fraction of sp³-hybridized carbons (Fsp3) is 0.583. The average Bonchev–Trinajstić information content (AvgIpc) is 2.95. The molecule has 74 valence electrons. The number of aryl methyl sites for hydroxylation is 2. The average molecular weight is 189 g/mol. The smallest absolute Gasteiger partial charge is 0.0987 e. The molecule has 1 saturated carbocycles. The molecule has 2 nitrogen and oxygen atoms in total. The number of rotatable bonds is 2. The van der Waals surface area contributed by atoms with Gasteiger partial charge in [-0.05, 0) is 49.7 Å². The second-order valence-electron chi connectivity index (χ2n) is 4.48. The largest absolute Gasteiger partial charge is 0.387 e.